The van der Waals surface area contributed by atoms with Gasteiger partial charge in [-0.2, -0.15) is 0 Å². The number of aliphatic hydroxyl groups is 2. The molecule has 11 heteroatoms. The fraction of sp³-hybridized carbons (Fsp3) is 0.730. The van der Waals surface area contributed by atoms with Crippen molar-refractivity contribution in [2.75, 3.05) is 39.0 Å². The van der Waals surface area contributed by atoms with Crippen LogP contribution in [0.2, 0.25) is 0 Å². The summed E-state index contributed by atoms with van der Waals surface area (Å²) in [5, 5.41) is 27.7. The lowest BCUT2D eigenvalue weighted by Gasteiger charge is -2.33. The predicted octanol–water partition coefficient (Wildman–Crippen LogP) is 3.32. The van der Waals surface area contributed by atoms with Crippen LogP contribution in [0.3, 0.4) is 0 Å². The third kappa shape index (κ3) is 13.4. The first-order valence-electron chi connectivity index (χ1n) is 18.0. The first kappa shape index (κ1) is 39.9. The lowest BCUT2D eigenvalue weighted by atomic mass is 9.82. The Morgan fingerprint density at radius 2 is 1.65 bits per heavy atom. The van der Waals surface area contributed by atoms with Gasteiger partial charge in [-0.1, -0.05) is 82.7 Å². The van der Waals surface area contributed by atoms with Crippen molar-refractivity contribution in [3.8, 4) is 12.3 Å². The van der Waals surface area contributed by atoms with E-state index in [0.29, 0.717) is 31.8 Å². The van der Waals surface area contributed by atoms with Gasteiger partial charge < -0.3 is 25.7 Å². The zero-order valence-corrected chi connectivity index (χ0v) is 30.2. The third-order valence-electron chi connectivity index (χ3n) is 9.88. The summed E-state index contributed by atoms with van der Waals surface area (Å²) in [4.78, 5) is 29.9. The average Bonchev–Trinajstić information content (AvgIpc) is 3.07. The lowest BCUT2D eigenvalue weighted by Crippen LogP contribution is -2.56. The van der Waals surface area contributed by atoms with E-state index in [1.165, 1.54) is 10.7 Å². The van der Waals surface area contributed by atoms with E-state index >= 15 is 0 Å². The lowest BCUT2D eigenvalue weighted by molar-refractivity contribution is -0.132. The Morgan fingerprint density at radius 3 is 2.27 bits per heavy atom. The van der Waals surface area contributed by atoms with Crippen LogP contribution in [0.4, 0.5) is 0 Å². The normalized spacial score (nSPS) is 19.6. The first-order valence-corrected chi connectivity index (χ1v) is 19.6. The zero-order valence-electron chi connectivity index (χ0n) is 29.4. The molecule has 1 saturated carbocycles. The number of likely N-dealkylation sites (tertiary alicyclic amines) is 1. The van der Waals surface area contributed by atoms with E-state index in [4.69, 9.17) is 6.42 Å². The summed E-state index contributed by atoms with van der Waals surface area (Å²) in [5.74, 6) is 0.399. The molecule has 2 unspecified atom stereocenters. The number of rotatable bonds is 19. The number of carbonyl (C=O) groups is 2. The van der Waals surface area contributed by atoms with E-state index < -0.39 is 57.8 Å². The number of sulfonamides is 1. The highest BCUT2D eigenvalue weighted by Gasteiger charge is 2.35. The van der Waals surface area contributed by atoms with Crippen molar-refractivity contribution >= 4 is 21.8 Å². The molecule has 1 heterocycles. The zero-order chi connectivity index (χ0) is 35.1. The van der Waals surface area contributed by atoms with Gasteiger partial charge in [0.15, 0.2) is 0 Å². The molecule has 5 atom stereocenters. The van der Waals surface area contributed by atoms with Crippen molar-refractivity contribution in [3.63, 3.8) is 0 Å². The van der Waals surface area contributed by atoms with Gasteiger partial charge in [0.25, 0.3) is 0 Å². The van der Waals surface area contributed by atoms with Gasteiger partial charge in [-0.15, -0.1) is 12.3 Å². The van der Waals surface area contributed by atoms with Gasteiger partial charge in [-0.3, -0.25) is 9.59 Å². The maximum atomic E-state index is 13.9. The number of carbonyl (C=O) groups excluding carboxylic acids is 2. The number of hydrogen-bond donors (Lipinski definition) is 4. The van der Waals surface area contributed by atoms with E-state index in [1.807, 2.05) is 44.2 Å². The quantitative estimate of drug-likeness (QED) is 0.164. The highest BCUT2D eigenvalue weighted by Crippen LogP contribution is 2.29. The molecular formula is C37H60N4O6S. The number of hydrogen-bond acceptors (Lipinski definition) is 7. The molecule has 0 spiro atoms. The number of piperidine rings is 1. The Kier molecular flexibility index (Phi) is 16.8. The molecule has 2 aliphatic rings. The van der Waals surface area contributed by atoms with E-state index in [-0.39, 0.29) is 18.8 Å². The first-order chi connectivity index (χ1) is 22.9. The number of nitrogens with zero attached hydrogens (tertiary/aromatic N) is 2. The molecule has 0 bridgehead atoms. The SMILES string of the molecule is C#CC[C@H](NC(=O)C(Cc1ccccc1)CS(=O)(=O)N(C)CCN1CCCCC1)C(=O)N[C@@H](CC1CCCCC1)C(O)[C@@H](O)CC(C)C. The van der Waals surface area contributed by atoms with Crippen LogP contribution in [-0.2, 0) is 26.0 Å². The van der Waals surface area contributed by atoms with Crippen molar-refractivity contribution < 1.29 is 28.2 Å². The number of likely N-dealkylation sites (N-methyl/N-ethyl adjacent to an activating group) is 1. The summed E-state index contributed by atoms with van der Waals surface area (Å²) in [5.41, 5.74) is 0.802. The Labute approximate surface area is 289 Å². The third-order valence-corrected chi connectivity index (χ3v) is 11.8. The molecule has 3 rings (SSSR count). The van der Waals surface area contributed by atoms with Gasteiger partial charge in [0, 0.05) is 26.6 Å². The Morgan fingerprint density at radius 1 is 1.00 bits per heavy atom. The number of aliphatic hydroxyl groups excluding tert-OH is 2. The van der Waals surface area contributed by atoms with Crippen molar-refractivity contribution in [1.29, 1.82) is 0 Å². The van der Waals surface area contributed by atoms with Gasteiger partial charge in [-0.05, 0) is 62.6 Å². The van der Waals surface area contributed by atoms with Crippen molar-refractivity contribution in [1.82, 2.24) is 19.8 Å². The van der Waals surface area contributed by atoms with E-state index in [2.05, 4.69) is 21.5 Å². The van der Waals surface area contributed by atoms with Crippen LogP contribution in [0.1, 0.15) is 90.0 Å². The van der Waals surface area contributed by atoms with Crippen LogP contribution in [0.25, 0.3) is 0 Å². The molecule has 48 heavy (non-hydrogen) atoms. The average molecular weight is 689 g/mol. The van der Waals surface area contributed by atoms with E-state index in [9.17, 15) is 28.2 Å². The summed E-state index contributed by atoms with van der Waals surface area (Å²) in [6.07, 6.45) is 13.1. The Balaban J connectivity index is 1.75. The minimum Gasteiger partial charge on any atom is -0.390 e. The summed E-state index contributed by atoms with van der Waals surface area (Å²) in [7, 11) is -2.26. The summed E-state index contributed by atoms with van der Waals surface area (Å²) >= 11 is 0. The van der Waals surface area contributed by atoms with Crippen LogP contribution in [0.5, 0.6) is 0 Å². The predicted molar refractivity (Wildman–Crippen MR) is 190 cm³/mol. The minimum absolute atomic E-state index is 0.112. The van der Waals surface area contributed by atoms with E-state index in [1.54, 1.807) is 7.05 Å². The van der Waals surface area contributed by atoms with Crippen LogP contribution < -0.4 is 10.6 Å². The molecule has 270 valence electrons. The van der Waals surface area contributed by atoms with Crippen LogP contribution >= 0.6 is 0 Å². The van der Waals surface area contributed by atoms with Gasteiger partial charge in [0.1, 0.15) is 12.1 Å². The standard InChI is InChI=1S/C37H60N4O6S/c1-5-15-32(37(45)39-33(26-30-18-11-7-12-19-30)35(43)34(42)24-28(2)3)38-36(44)31(25-29-16-9-6-10-17-29)27-48(46,47)40(4)22-23-41-20-13-8-14-21-41/h1,6,9-10,16-17,28,30-35,42-43H,7-8,11-15,18-27H2,2-4H3,(H,38,44)(H,39,45)/t31?,32-,33-,34-,35?/m0/s1. The molecule has 1 aromatic rings. The van der Waals surface area contributed by atoms with Crippen molar-refractivity contribution in [3.05, 3.63) is 35.9 Å². The van der Waals surface area contributed by atoms with Gasteiger partial charge in [-0.25, -0.2) is 12.7 Å². The molecule has 1 saturated heterocycles. The van der Waals surface area contributed by atoms with Crippen LogP contribution in [-0.4, -0.2) is 103 Å². The minimum atomic E-state index is -3.82. The van der Waals surface area contributed by atoms with Crippen LogP contribution in [0.15, 0.2) is 30.3 Å². The highest BCUT2D eigenvalue weighted by atomic mass is 32.2. The fourth-order valence-electron chi connectivity index (χ4n) is 6.97. The molecule has 2 fully saturated rings. The second-order valence-electron chi connectivity index (χ2n) is 14.4. The second-order valence-corrected chi connectivity index (χ2v) is 16.5. The number of nitrogens with one attached hydrogen (secondary N) is 2. The molecule has 1 aliphatic carbocycles. The number of amides is 2. The molecular weight excluding hydrogens is 628 g/mol. The molecule has 4 N–H and O–H groups in total. The van der Waals surface area contributed by atoms with Gasteiger partial charge in [0.2, 0.25) is 21.8 Å². The van der Waals surface area contributed by atoms with Crippen LogP contribution in [0, 0.1) is 30.1 Å². The number of terminal acetylenes is 1. The van der Waals surface area contributed by atoms with Gasteiger partial charge >= 0.3 is 0 Å². The maximum absolute atomic E-state index is 13.9. The monoisotopic (exact) mass is 688 g/mol. The van der Waals surface area contributed by atoms with Crippen molar-refractivity contribution in [2.45, 2.75) is 115 Å². The summed E-state index contributed by atoms with van der Waals surface area (Å²) in [6.45, 7) is 6.80. The second kappa shape index (κ2) is 20.2. The largest absolute Gasteiger partial charge is 0.390 e. The molecule has 0 aromatic heterocycles. The molecule has 2 amide bonds. The van der Waals surface area contributed by atoms with Crippen molar-refractivity contribution in [2.24, 2.45) is 17.8 Å². The Bertz CT molecular complexity index is 1260. The van der Waals surface area contributed by atoms with Gasteiger partial charge in [0.05, 0.1) is 23.8 Å². The summed E-state index contributed by atoms with van der Waals surface area (Å²) in [6, 6.07) is 7.36. The maximum Gasteiger partial charge on any atom is 0.243 e. The smallest absolute Gasteiger partial charge is 0.243 e. The molecule has 0 radical (unpaired) electrons. The molecule has 1 aliphatic heterocycles. The highest BCUT2D eigenvalue weighted by molar-refractivity contribution is 7.89. The molecule has 1 aromatic carbocycles. The fourth-order valence-corrected chi connectivity index (χ4v) is 8.36. The molecule has 10 nitrogen and oxygen atoms in total. The topological polar surface area (TPSA) is 139 Å². The Hall–Kier alpha value is -2.49. The van der Waals surface area contributed by atoms with E-state index in [0.717, 1.165) is 63.6 Å². The summed E-state index contributed by atoms with van der Waals surface area (Å²) < 4.78 is 28.5. The number of benzene rings is 1.